The van der Waals surface area contributed by atoms with Crippen LogP contribution in [0.25, 0.3) is 0 Å². The van der Waals surface area contributed by atoms with Crippen LogP contribution in [0.5, 0.6) is 0 Å². The van der Waals surface area contributed by atoms with Crippen LogP contribution in [0.4, 0.5) is 0 Å². The van der Waals surface area contributed by atoms with E-state index in [-0.39, 0.29) is 30.6 Å². The van der Waals surface area contributed by atoms with E-state index < -0.39 is 22.1 Å². The summed E-state index contributed by atoms with van der Waals surface area (Å²) in [5.74, 6) is -0.0283. The Morgan fingerprint density at radius 3 is 2.48 bits per heavy atom. The summed E-state index contributed by atoms with van der Waals surface area (Å²) in [5.41, 5.74) is 0.859. The van der Waals surface area contributed by atoms with Crippen LogP contribution in [-0.2, 0) is 26.0 Å². The van der Waals surface area contributed by atoms with Crippen molar-refractivity contribution in [1.82, 2.24) is 20.3 Å². The van der Waals surface area contributed by atoms with Crippen molar-refractivity contribution in [3.05, 3.63) is 35.9 Å². The first-order valence-corrected chi connectivity index (χ1v) is 12.5. The van der Waals surface area contributed by atoms with Gasteiger partial charge in [0, 0.05) is 13.1 Å². The summed E-state index contributed by atoms with van der Waals surface area (Å²) in [6, 6.07) is 7.82. The molecule has 2 atom stereocenters. The molecule has 1 aromatic carbocycles. The van der Waals surface area contributed by atoms with Crippen molar-refractivity contribution in [1.29, 1.82) is 0 Å². The number of nitrogens with zero attached hydrogens (tertiary/aromatic N) is 1. The van der Waals surface area contributed by atoms with Gasteiger partial charge >= 0.3 is 0 Å². The van der Waals surface area contributed by atoms with Crippen molar-refractivity contribution in [3.63, 3.8) is 0 Å². The van der Waals surface area contributed by atoms with E-state index in [1.54, 1.807) is 4.90 Å². The number of nitrogens with one attached hydrogen (secondary N) is 3. The molecule has 8 nitrogen and oxygen atoms in total. The summed E-state index contributed by atoms with van der Waals surface area (Å²) < 4.78 is 26.2. The molecule has 10 heteroatoms. The summed E-state index contributed by atoms with van der Waals surface area (Å²) in [6.45, 7) is 3.01. The number of rotatable bonds is 8. The van der Waals surface area contributed by atoms with Gasteiger partial charge in [-0.3, -0.25) is 9.59 Å². The SMILES string of the molecule is CS(=O)(=O)N[C@H](Cc1ccccc1)C(=O)N1CCC[C@H]1C(=O)NCC1CCNCC1.Cl. The molecule has 2 amide bonds. The van der Waals surface area contributed by atoms with Crippen molar-refractivity contribution in [2.45, 2.75) is 44.2 Å². The molecule has 174 valence electrons. The smallest absolute Gasteiger partial charge is 0.242 e. The molecule has 1 aromatic rings. The number of hydrogen-bond acceptors (Lipinski definition) is 5. The lowest BCUT2D eigenvalue weighted by atomic mass is 9.98. The fraction of sp³-hybridized carbons (Fsp3) is 0.619. The fourth-order valence-corrected chi connectivity index (χ4v) is 4.94. The quantitative estimate of drug-likeness (QED) is 0.515. The Morgan fingerprint density at radius 2 is 1.84 bits per heavy atom. The molecule has 0 spiro atoms. The zero-order chi connectivity index (χ0) is 21.6. The molecule has 0 bridgehead atoms. The fourth-order valence-electron chi connectivity index (χ4n) is 4.24. The van der Waals surface area contributed by atoms with Crippen molar-refractivity contribution in [3.8, 4) is 0 Å². The van der Waals surface area contributed by atoms with Crippen LogP contribution in [0.3, 0.4) is 0 Å². The number of halogens is 1. The van der Waals surface area contributed by atoms with E-state index in [9.17, 15) is 18.0 Å². The Bertz CT molecular complexity index is 831. The van der Waals surface area contributed by atoms with Gasteiger partial charge < -0.3 is 15.5 Å². The van der Waals surface area contributed by atoms with Crippen molar-refractivity contribution < 1.29 is 18.0 Å². The molecule has 2 fully saturated rings. The topological polar surface area (TPSA) is 108 Å². The molecule has 0 saturated carbocycles. The highest BCUT2D eigenvalue weighted by molar-refractivity contribution is 7.88. The predicted octanol–water partition coefficient (Wildman–Crippen LogP) is 0.676. The molecule has 0 aliphatic carbocycles. The van der Waals surface area contributed by atoms with Gasteiger partial charge in [0.1, 0.15) is 12.1 Å². The minimum atomic E-state index is -3.58. The van der Waals surface area contributed by atoms with Gasteiger partial charge in [0.2, 0.25) is 21.8 Å². The van der Waals surface area contributed by atoms with Crippen LogP contribution in [0.15, 0.2) is 30.3 Å². The van der Waals surface area contributed by atoms with Crippen LogP contribution >= 0.6 is 12.4 Å². The maximum absolute atomic E-state index is 13.3. The number of carbonyl (C=O) groups is 2. The molecule has 0 radical (unpaired) electrons. The average Bonchev–Trinajstić information content (AvgIpc) is 3.21. The third kappa shape index (κ3) is 7.75. The van der Waals surface area contributed by atoms with Crippen molar-refractivity contribution in [2.75, 3.05) is 32.4 Å². The third-order valence-corrected chi connectivity index (χ3v) is 6.51. The second kappa shape index (κ2) is 11.8. The normalized spacial score (nSPS) is 20.7. The Kier molecular flexibility index (Phi) is 9.74. The molecule has 0 unspecified atom stereocenters. The van der Waals surface area contributed by atoms with E-state index in [1.165, 1.54) is 0 Å². The number of sulfonamides is 1. The number of amides is 2. The van der Waals surface area contributed by atoms with E-state index in [0.29, 0.717) is 25.4 Å². The van der Waals surface area contributed by atoms with Gasteiger partial charge in [-0.2, -0.15) is 0 Å². The molecule has 2 aliphatic rings. The summed E-state index contributed by atoms with van der Waals surface area (Å²) in [5, 5.41) is 6.33. The van der Waals surface area contributed by atoms with Crippen LogP contribution in [0, 0.1) is 5.92 Å². The highest BCUT2D eigenvalue weighted by atomic mass is 35.5. The number of hydrogen-bond donors (Lipinski definition) is 3. The van der Waals surface area contributed by atoms with Gasteiger partial charge in [-0.05, 0) is 56.7 Å². The number of benzene rings is 1. The maximum atomic E-state index is 13.3. The lowest BCUT2D eigenvalue weighted by molar-refractivity contribution is -0.139. The van der Waals surface area contributed by atoms with Crippen LogP contribution in [0.2, 0.25) is 0 Å². The lowest BCUT2D eigenvalue weighted by Crippen LogP contribution is -2.54. The van der Waals surface area contributed by atoms with E-state index in [1.807, 2.05) is 30.3 Å². The van der Waals surface area contributed by atoms with Gasteiger partial charge in [0.25, 0.3) is 0 Å². The molecule has 3 N–H and O–H groups in total. The Balaban J connectivity index is 0.00000341. The van der Waals surface area contributed by atoms with E-state index in [2.05, 4.69) is 15.4 Å². The minimum absolute atomic E-state index is 0. The molecule has 31 heavy (non-hydrogen) atoms. The first-order valence-electron chi connectivity index (χ1n) is 10.6. The third-order valence-electron chi connectivity index (χ3n) is 5.80. The van der Waals surface area contributed by atoms with Crippen LogP contribution < -0.4 is 15.4 Å². The maximum Gasteiger partial charge on any atom is 0.242 e. The van der Waals surface area contributed by atoms with Crippen molar-refractivity contribution >= 4 is 34.2 Å². The van der Waals surface area contributed by atoms with Gasteiger partial charge in [-0.25, -0.2) is 13.1 Å². The van der Waals surface area contributed by atoms with E-state index in [0.717, 1.165) is 44.2 Å². The number of piperidine rings is 1. The molecule has 3 rings (SSSR count). The molecule has 2 heterocycles. The highest BCUT2D eigenvalue weighted by Gasteiger charge is 2.38. The Hall–Kier alpha value is -1.68. The van der Waals surface area contributed by atoms with Gasteiger partial charge in [0.15, 0.2) is 0 Å². The van der Waals surface area contributed by atoms with E-state index in [4.69, 9.17) is 0 Å². The second-order valence-electron chi connectivity index (χ2n) is 8.26. The minimum Gasteiger partial charge on any atom is -0.354 e. The second-order valence-corrected chi connectivity index (χ2v) is 10.0. The molecule has 2 aliphatic heterocycles. The van der Waals surface area contributed by atoms with Gasteiger partial charge in [0.05, 0.1) is 6.26 Å². The molecular weight excluding hydrogens is 440 g/mol. The van der Waals surface area contributed by atoms with Gasteiger partial charge in [-0.1, -0.05) is 30.3 Å². The first kappa shape index (κ1) is 25.6. The predicted molar refractivity (Wildman–Crippen MR) is 122 cm³/mol. The monoisotopic (exact) mass is 472 g/mol. The number of carbonyl (C=O) groups excluding carboxylic acids is 2. The van der Waals surface area contributed by atoms with E-state index >= 15 is 0 Å². The molecule has 2 saturated heterocycles. The summed E-state index contributed by atoms with van der Waals surface area (Å²) in [6.07, 6.45) is 4.68. The summed E-state index contributed by atoms with van der Waals surface area (Å²) in [7, 11) is -3.58. The molecule has 0 aromatic heterocycles. The summed E-state index contributed by atoms with van der Waals surface area (Å²) >= 11 is 0. The van der Waals surface area contributed by atoms with Crippen LogP contribution in [0.1, 0.15) is 31.2 Å². The zero-order valence-corrected chi connectivity index (χ0v) is 19.5. The highest BCUT2D eigenvalue weighted by Crippen LogP contribution is 2.20. The van der Waals surface area contributed by atoms with Gasteiger partial charge in [-0.15, -0.1) is 12.4 Å². The first-order chi connectivity index (χ1) is 14.3. The molecular formula is C21H33ClN4O4S. The standard InChI is InChI=1S/C21H32N4O4S.ClH/c1-30(28,29)24-18(14-16-6-3-2-4-7-16)21(27)25-13-5-8-19(25)20(26)23-15-17-9-11-22-12-10-17;/h2-4,6-7,17-19,22,24H,5,8-15H2,1H3,(H,23,26);1H/t18-,19+;/m1./s1. The number of likely N-dealkylation sites (tertiary alicyclic amines) is 1. The Morgan fingerprint density at radius 1 is 1.16 bits per heavy atom. The lowest BCUT2D eigenvalue weighted by Gasteiger charge is -2.29. The average molecular weight is 473 g/mol. The zero-order valence-electron chi connectivity index (χ0n) is 17.9. The Labute approximate surface area is 191 Å². The summed E-state index contributed by atoms with van der Waals surface area (Å²) in [4.78, 5) is 27.6. The van der Waals surface area contributed by atoms with Crippen LogP contribution in [-0.4, -0.2) is 69.7 Å². The largest absolute Gasteiger partial charge is 0.354 e. The van der Waals surface area contributed by atoms with Crippen molar-refractivity contribution in [2.24, 2.45) is 5.92 Å².